The average molecular weight is 436 g/mol. The van der Waals surface area contributed by atoms with Crippen LogP contribution in [-0.4, -0.2) is 24.5 Å². The predicted molar refractivity (Wildman–Crippen MR) is 118 cm³/mol. The molecule has 3 aromatic carbocycles. The van der Waals surface area contributed by atoms with Gasteiger partial charge in [-0.15, -0.1) is 0 Å². The molecule has 1 aliphatic rings. The molecule has 0 aromatic heterocycles. The quantitative estimate of drug-likeness (QED) is 0.319. The van der Waals surface area contributed by atoms with Gasteiger partial charge < -0.3 is 11.1 Å². The summed E-state index contributed by atoms with van der Waals surface area (Å²) in [6.45, 7) is 2.07. The van der Waals surface area contributed by atoms with Crippen molar-refractivity contribution < 1.29 is 22.6 Å². The van der Waals surface area contributed by atoms with Crippen molar-refractivity contribution in [3.63, 3.8) is 0 Å². The van der Waals surface area contributed by atoms with Crippen LogP contribution in [0.3, 0.4) is 0 Å². The fourth-order valence-corrected chi connectivity index (χ4v) is 4.45. The van der Waals surface area contributed by atoms with E-state index in [1.807, 2.05) is 12.1 Å². The molecule has 0 fully saturated rings. The first-order valence-electron chi connectivity index (χ1n) is 9.70. The molecule has 4 N–H and O–H groups in total. The summed E-state index contributed by atoms with van der Waals surface area (Å²) in [5.74, 6) is -1.03. The zero-order valence-electron chi connectivity index (χ0n) is 16.7. The Labute approximate surface area is 179 Å². The lowest BCUT2D eigenvalue weighted by molar-refractivity contribution is 0.0980. The number of nitrogens with one attached hydrogen (secondary N) is 1. The van der Waals surface area contributed by atoms with Crippen LogP contribution in [0, 0.1) is 0 Å². The standard InChI is InChI=1S/C23H20N2O5S/c1-2-5-13-8-10-14(11-9-13)25-17-12-18(31(28,29)30)21(24)20-19(17)22(26)15-6-3-4-7-16(15)23(20)27/h3-4,6-12,25H,2,5,24H2,1H3,(H,28,29,30). The fraction of sp³-hybridized carbons (Fsp3) is 0.130. The molecule has 3 aromatic rings. The van der Waals surface area contributed by atoms with E-state index in [-0.39, 0.29) is 27.9 Å². The van der Waals surface area contributed by atoms with Gasteiger partial charge in [-0.1, -0.05) is 49.7 Å². The molecule has 158 valence electrons. The molecule has 0 atom stereocenters. The van der Waals surface area contributed by atoms with E-state index in [1.165, 1.54) is 12.1 Å². The summed E-state index contributed by atoms with van der Waals surface area (Å²) >= 11 is 0. The smallest absolute Gasteiger partial charge is 0.296 e. The predicted octanol–water partition coefficient (Wildman–Crippen LogP) is 3.99. The summed E-state index contributed by atoms with van der Waals surface area (Å²) < 4.78 is 33.6. The first-order chi connectivity index (χ1) is 14.7. The van der Waals surface area contributed by atoms with Crippen LogP contribution >= 0.6 is 0 Å². The first kappa shape index (κ1) is 20.8. The van der Waals surface area contributed by atoms with Crippen molar-refractivity contribution in [1.29, 1.82) is 0 Å². The number of hydrogen-bond acceptors (Lipinski definition) is 6. The van der Waals surface area contributed by atoms with E-state index in [2.05, 4.69) is 12.2 Å². The van der Waals surface area contributed by atoms with Crippen molar-refractivity contribution in [2.24, 2.45) is 0 Å². The topological polar surface area (TPSA) is 127 Å². The van der Waals surface area contributed by atoms with E-state index in [1.54, 1.807) is 24.3 Å². The highest BCUT2D eigenvalue weighted by Crippen LogP contribution is 2.40. The normalized spacial score (nSPS) is 13.0. The van der Waals surface area contributed by atoms with E-state index in [4.69, 9.17) is 5.73 Å². The largest absolute Gasteiger partial charge is 0.397 e. The molecule has 0 spiro atoms. The van der Waals surface area contributed by atoms with Crippen LogP contribution in [0.25, 0.3) is 0 Å². The van der Waals surface area contributed by atoms with E-state index in [9.17, 15) is 22.6 Å². The second-order valence-corrected chi connectivity index (χ2v) is 8.73. The van der Waals surface area contributed by atoms with E-state index >= 15 is 0 Å². The van der Waals surface area contributed by atoms with Crippen LogP contribution in [0.15, 0.2) is 59.5 Å². The third-order valence-corrected chi connectivity index (χ3v) is 6.14. The van der Waals surface area contributed by atoms with E-state index in [0.717, 1.165) is 24.5 Å². The van der Waals surface area contributed by atoms with E-state index < -0.39 is 32.3 Å². The summed E-state index contributed by atoms with van der Waals surface area (Å²) in [6.07, 6.45) is 1.90. The van der Waals surface area contributed by atoms with Crippen molar-refractivity contribution >= 4 is 38.7 Å². The lowest BCUT2D eigenvalue weighted by Gasteiger charge is -2.23. The maximum atomic E-state index is 13.3. The summed E-state index contributed by atoms with van der Waals surface area (Å²) in [7, 11) is -4.74. The van der Waals surface area contributed by atoms with Crippen molar-refractivity contribution in [1.82, 2.24) is 0 Å². The second kappa shape index (κ2) is 7.64. The van der Waals surface area contributed by atoms with Crippen LogP contribution in [0.5, 0.6) is 0 Å². The molecule has 8 heteroatoms. The Kier molecular flexibility index (Phi) is 5.12. The van der Waals surface area contributed by atoms with Gasteiger partial charge in [-0.05, 0) is 30.2 Å². The minimum Gasteiger partial charge on any atom is -0.397 e. The number of anilines is 3. The number of nitrogen functional groups attached to an aromatic ring is 1. The minimum atomic E-state index is -4.74. The number of hydrogen-bond donors (Lipinski definition) is 3. The van der Waals surface area contributed by atoms with Gasteiger partial charge in [0.05, 0.1) is 22.5 Å². The van der Waals surface area contributed by atoms with Gasteiger partial charge in [0.25, 0.3) is 10.1 Å². The maximum Gasteiger partial charge on any atom is 0.296 e. The van der Waals surface area contributed by atoms with Crippen molar-refractivity contribution in [3.8, 4) is 0 Å². The maximum absolute atomic E-state index is 13.3. The van der Waals surface area contributed by atoms with Crippen LogP contribution in [0.1, 0.15) is 50.8 Å². The molecule has 7 nitrogen and oxygen atoms in total. The van der Waals surface area contributed by atoms with Gasteiger partial charge in [0.1, 0.15) is 4.90 Å². The minimum absolute atomic E-state index is 0.0220. The molecule has 0 saturated carbocycles. The molecule has 0 saturated heterocycles. The highest BCUT2D eigenvalue weighted by Gasteiger charge is 2.36. The molecular weight excluding hydrogens is 416 g/mol. The Balaban J connectivity index is 1.93. The fourth-order valence-electron chi connectivity index (χ4n) is 3.80. The first-order valence-corrected chi connectivity index (χ1v) is 11.1. The summed E-state index contributed by atoms with van der Waals surface area (Å²) in [4.78, 5) is 25.8. The van der Waals surface area contributed by atoms with Gasteiger partial charge in [0.15, 0.2) is 11.6 Å². The number of benzene rings is 3. The van der Waals surface area contributed by atoms with Crippen LogP contribution < -0.4 is 11.1 Å². The summed E-state index contributed by atoms with van der Waals surface area (Å²) in [5.41, 5.74) is 7.41. The molecule has 0 bridgehead atoms. The monoisotopic (exact) mass is 436 g/mol. The highest BCUT2D eigenvalue weighted by molar-refractivity contribution is 7.86. The van der Waals surface area contributed by atoms with Gasteiger partial charge in [0, 0.05) is 16.8 Å². The van der Waals surface area contributed by atoms with Gasteiger partial charge in [0.2, 0.25) is 0 Å². The van der Waals surface area contributed by atoms with Crippen LogP contribution in [0.2, 0.25) is 0 Å². The van der Waals surface area contributed by atoms with Gasteiger partial charge in [-0.25, -0.2) is 0 Å². The number of fused-ring (bicyclic) bond motifs is 2. The summed E-state index contributed by atoms with van der Waals surface area (Å²) in [6, 6.07) is 14.8. The molecule has 0 aliphatic heterocycles. The Morgan fingerprint density at radius 3 is 2.06 bits per heavy atom. The lowest BCUT2D eigenvalue weighted by Crippen LogP contribution is -2.25. The zero-order valence-corrected chi connectivity index (χ0v) is 17.5. The van der Waals surface area contributed by atoms with Crippen molar-refractivity contribution in [2.45, 2.75) is 24.7 Å². The molecule has 31 heavy (non-hydrogen) atoms. The summed E-state index contributed by atoms with van der Waals surface area (Å²) in [5, 5.41) is 3.02. The van der Waals surface area contributed by atoms with Crippen LogP contribution in [-0.2, 0) is 16.5 Å². The van der Waals surface area contributed by atoms with Gasteiger partial charge >= 0.3 is 0 Å². The Hall–Kier alpha value is -3.49. The molecular formula is C23H20N2O5S. The van der Waals surface area contributed by atoms with Crippen molar-refractivity contribution in [3.05, 3.63) is 82.4 Å². The third-order valence-electron chi connectivity index (χ3n) is 5.25. The lowest BCUT2D eigenvalue weighted by atomic mass is 9.82. The number of rotatable bonds is 5. The Morgan fingerprint density at radius 2 is 1.52 bits per heavy atom. The van der Waals surface area contributed by atoms with Gasteiger partial charge in [-0.2, -0.15) is 8.42 Å². The number of ketones is 2. The molecule has 1 aliphatic carbocycles. The number of aryl methyl sites for hydroxylation is 1. The van der Waals surface area contributed by atoms with Gasteiger partial charge in [-0.3, -0.25) is 14.1 Å². The number of nitrogens with two attached hydrogens (primary N) is 1. The SMILES string of the molecule is CCCc1ccc(Nc2cc(S(=O)(=O)O)c(N)c3c2C(=O)c2ccccc2C3=O)cc1. The second-order valence-electron chi connectivity index (χ2n) is 7.34. The van der Waals surface area contributed by atoms with E-state index in [0.29, 0.717) is 5.69 Å². The number of carbonyl (C=O) groups is 2. The molecule has 0 unspecified atom stereocenters. The highest BCUT2D eigenvalue weighted by atomic mass is 32.2. The Morgan fingerprint density at radius 1 is 0.935 bits per heavy atom. The Bertz CT molecular complexity index is 1330. The average Bonchev–Trinajstić information content (AvgIpc) is 2.73. The van der Waals surface area contributed by atoms with Crippen LogP contribution in [0.4, 0.5) is 17.1 Å². The number of carbonyl (C=O) groups excluding carboxylic acids is 2. The molecule has 0 heterocycles. The third kappa shape index (κ3) is 3.60. The molecule has 4 rings (SSSR count). The van der Waals surface area contributed by atoms with Crippen molar-refractivity contribution in [2.75, 3.05) is 11.1 Å². The molecule has 0 amide bonds. The zero-order chi connectivity index (χ0) is 22.3. The molecule has 0 radical (unpaired) electrons.